The third-order valence-corrected chi connectivity index (χ3v) is 3.45. The topological polar surface area (TPSA) is 58.6 Å². The van der Waals surface area contributed by atoms with Crippen LogP contribution in [0.15, 0.2) is 24.3 Å². The summed E-state index contributed by atoms with van der Waals surface area (Å²) in [5.74, 6) is -0.406. The number of rotatable bonds is 4. The second kappa shape index (κ2) is 5.98. The van der Waals surface area contributed by atoms with Gasteiger partial charge in [-0.15, -0.1) is 0 Å². The normalized spacial score (nSPS) is 20.0. The molecule has 1 aliphatic rings. The molecule has 0 bridgehead atoms. The van der Waals surface area contributed by atoms with E-state index in [-0.39, 0.29) is 12.6 Å². The van der Waals surface area contributed by atoms with E-state index >= 15 is 0 Å². The third kappa shape index (κ3) is 2.89. The maximum absolute atomic E-state index is 11.4. The number of benzene rings is 1. The van der Waals surface area contributed by atoms with Crippen LogP contribution >= 0.6 is 0 Å². The fraction of sp³-hybridized carbons (Fsp3) is 0.500. The van der Waals surface area contributed by atoms with Crippen molar-refractivity contribution in [2.75, 3.05) is 13.7 Å². The lowest BCUT2D eigenvalue weighted by atomic mass is 9.88. The highest BCUT2D eigenvalue weighted by atomic mass is 16.5. The number of carbonyl (C=O) groups is 1. The zero-order chi connectivity index (χ0) is 13.0. The average molecular weight is 249 g/mol. The van der Waals surface area contributed by atoms with Gasteiger partial charge >= 0.3 is 5.97 Å². The lowest BCUT2D eigenvalue weighted by Crippen LogP contribution is -2.48. The largest absolute Gasteiger partial charge is 0.468 e. The third-order valence-electron chi connectivity index (χ3n) is 3.45. The van der Waals surface area contributed by atoms with Gasteiger partial charge in [-0.05, 0) is 30.4 Å². The molecule has 0 amide bonds. The molecular formula is C14H19NO3. The van der Waals surface area contributed by atoms with Crippen molar-refractivity contribution in [2.24, 2.45) is 0 Å². The maximum Gasteiger partial charge on any atom is 0.325 e. The molecule has 1 unspecified atom stereocenters. The van der Waals surface area contributed by atoms with Gasteiger partial charge in [-0.2, -0.15) is 0 Å². The zero-order valence-corrected chi connectivity index (χ0v) is 10.6. The standard InChI is InChI=1S/C14H19NO3/c1-18-14(17)13(9-16)15-12-7-6-10-4-2-3-5-11(10)8-12/h2-5,12-13,15-16H,6-9H2,1H3/t12?,13-/m1/s1. The van der Waals surface area contributed by atoms with Gasteiger partial charge in [0.1, 0.15) is 6.04 Å². The number of nitrogens with one attached hydrogen (secondary N) is 1. The molecule has 0 saturated carbocycles. The molecule has 1 aromatic carbocycles. The number of aliphatic hydroxyl groups is 1. The van der Waals surface area contributed by atoms with Crippen LogP contribution in [-0.2, 0) is 22.4 Å². The number of hydrogen-bond acceptors (Lipinski definition) is 4. The van der Waals surface area contributed by atoms with Crippen molar-refractivity contribution in [3.8, 4) is 0 Å². The zero-order valence-electron chi connectivity index (χ0n) is 10.6. The van der Waals surface area contributed by atoms with Crippen molar-refractivity contribution in [2.45, 2.75) is 31.3 Å². The van der Waals surface area contributed by atoms with Crippen LogP contribution in [0.4, 0.5) is 0 Å². The minimum atomic E-state index is -0.620. The fourth-order valence-electron chi connectivity index (χ4n) is 2.46. The molecule has 18 heavy (non-hydrogen) atoms. The van der Waals surface area contributed by atoms with Crippen LogP contribution in [0.25, 0.3) is 0 Å². The Labute approximate surface area is 107 Å². The second-order valence-electron chi connectivity index (χ2n) is 4.63. The van der Waals surface area contributed by atoms with Crippen molar-refractivity contribution >= 4 is 5.97 Å². The lowest BCUT2D eigenvalue weighted by molar-refractivity contribution is -0.144. The summed E-state index contributed by atoms with van der Waals surface area (Å²) in [6.07, 6.45) is 2.88. The molecule has 0 spiro atoms. The van der Waals surface area contributed by atoms with Crippen molar-refractivity contribution in [1.82, 2.24) is 5.32 Å². The Morgan fingerprint density at radius 3 is 2.89 bits per heavy atom. The number of ether oxygens (including phenoxy) is 1. The number of aryl methyl sites for hydroxylation is 1. The summed E-state index contributed by atoms with van der Waals surface area (Å²) in [7, 11) is 1.34. The van der Waals surface area contributed by atoms with E-state index in [4.69, 9.17) is 0 Å². The first kappa shape index (κ1) is 13.1. The number of fused-ring (bicyclic) bond motifs is 1. The summed E-state index contributed by atoms with van der Waals surface area (Å²) in [4.78, 5) is 11.4. The van der Waals surface area contributed by atoms with E-state index in [9.17, 15) is 9.90 Å². The van der Waals surface area contributed by atoms with Gasteiger partial charge in [-0.3, -0.25) is 10.1 Å². The molecule has 2 atom stereocenters. The minimum absolute atomic E-state index is 0.219. The first-order valence-electron chi connectivity index (χ1n) is 6.26. The molecule has 0 radical (unpaired) electrons. The number of carbonyl (C=O) groups excluding carboxylic acids is 1. The molecule has 2 N–H and O–H groups in total. The van der Waals surface area contributed by atoms with Gasteiger partial charge in [0.25, 0.3) is 0 Å². The predicted octanol–water partition coefficient (Wildman–Crippen LogP) is 0.667. The molecule has 0 aromatic heterocycles. The van der Waals surface area contributed by atoms with Crippen LogP contribution in [0.3, 0.4) is 0 Å². The van der Waals surface area contributed by atoms with E-state index in [0.717, 1.165) is 19.3 Å². The molecule has 4 nitrogen and oxygen atoms in total. The molecule has 0 saturated heterocycles. The van der Waals surface area contributed by atoms with E-state index < -0.39 is 12.0 Å². The van der Waals surface area contributed by atoms with Gasteiger partial charge in [0.05, 0.1) is 13.7 Å². The highest BCUT2D eigenvalue weighted by molar-refractivity contribution is 5.75. The number of esters is 1. The van der Waals surface area contributed by atoms with Gasteiger partial charge in [0.15, 0.2) is 0 Å². The fourth-order valence-corrected chi connectivity index (χ4v) is 2.46. The molecule has 1 aromatic rings. The molecular weight excluding hydrogens is 230 g/mol. The number of hydrogen-bond donors (Lipinski definition) is 2. The van der Waals surface area contributed by atoms with E-state index in [0.29, 0.717) is 0 Å². The predicted molar refractivity (Wildman–Crippen MR) is 68.3 cm³/mol. The Bertz CT molecular complexity index is 419. The Kier molecular flexibility index (Phi) is 4.33. The van der Waals surface area contributed by atoms with Crippen molar-refractivity contribution in [3.63, 3.8) is 0 Å². The molecule has 1 aliphatic carbocycles. The smallest absolute Gasteiger partial charge is 0.325 e. The van der Waals surface area contributed by atoms with Gasteiger partial charge in [0, 0.05) is 6.04 Å². The van der Waals surface area contributed by atoms with Crippen molar-refractivity contribution in [3.05, 3.63) is 35.4 Å². The lowest BCUT2D eigenvalue weighted by Gasteiger charge is -2.28. The molecule has 4 heteroatoms. The number of methoxy groups -OCH3 is 1. The van der Waals surface area contributed by atoms with E-state index in [1.807, 2.05) is 6.07 Å². The van der Waals surface area contributed by atoms with Crippen LogP contribution in [-0.4, -0.2) is 36.9 Å². The highest BCUT2D eigenvalue weighted by Crippen LogP contribution is 2.21. The van der Waals surface area contributed by atoms with E-state index in [1.165, 1.54) is 18.2 Å². The highest BCUT2D eigenvalue weighted by Gasteiger charge is 2.24. The average Bonchev–Trinajstić information content (AvgIpc) is 2.43. The summed E-state index contributed by atoms with van der Waals surface area (Å²) < 4.78 is 4.65. The van der Waals surface area contributed by atoms with E-state index in [2.05, 4.69) is 28.3 Å². The van der Waals surface area contributed by atoms with Gasteiger partial charge in [-0.25, -0.2) is 0 Å². The number of aliphatic hydroxyl groups excluding tert-OH is 1. The SMILES string of the molecule is COC(=O)[C@@H](CO)NC1CCc2ccccc2C1. The van der Waals surface area contributed by atoms with Crippen LogP contribution in [0.5, 0.6) is 0 Å². The molecule has 0 fully saturated rings. The Balaban J connectivity index is 1.98. The Morgan fingerprint density at radius 2 is 2.22 bits per heavy atom. The minimum Gasteiger partial charge on any atom is -0.468 e. The molecule has 98 valence electrons. The van der Waals surface area contributed by atoms with E-state index in [1.54, 1.807) is 0 Å². The quantitative estimate of drug-likeness (QED) is 0.770. The summed E-state index contributed by atoms with van der Waals surface area (Å²) in [5.41, 5.74) is 2.71. The Morgan fingerprint density at radius 1 is 1.50 bits per heavy atom. The Hall–Kier alpha value is -1.39. The van der Waals surface area contributed by atoms with Crippen LogP contribution in [0.1, 0.15) is 17.5 Å². The van der Waals surface area contributed by atoms with Crippen LogP contribution in [0.2, 0.25) is 0 Å². The maximum atomic E-state index is 11.4. The second-order valence-corrected chi connectivity index (χ2v) is 4.63. The first-order valence-corrected chi connectivity index (χ1v) is 6.26. The van der Waals surface area contributed by atoms with Crippen molar-refractivity contribution in [1.29, 1.82) is 0 Å². The molecule has 0 aliphatic heterocycles. The molecule has 0 heterocycles. The van der Waals surface area contributed by atoms with Crippen LogP contribution < -0.4 is 5.32 Å². The summed E-state index contributed by atoms with van der Waals surface area (Å²) in [6, 6.07) is 7.95. The summed E-state index contributed by atoms with van der Waals surface area (Å²) in [5, 5.41) is 12.4. The van der Waals surface area contributed by atoms with Crippen LogP contribution in [0, 0.1) is 0 Å². The van der Waals surface area contributed by atoms with Crippen molar-refractivity contribution < 1.29 is 14.6 Å². The summed E-state index contributed by atoms with van der Waals surface area (Å²) >= 11 is 0. The van der Waals surface area contributed by atoms with Gasteiger partial charge in [-0.1, -0.05) is 24.3 Å². The monoisotopic (exact) mass is 249 g/mol. The van der Waals surface area contributed by atoms with Gasteiger partial charge < -0.3 is 9.84 Å². The summed E-state index contributed by atoms with van der Waals surface area (Å²) in [6.45, 7) is -0.231. The first-order chi connectivity index (χ1) is 8.74. The van der Waals surface area contributed by atoms with Gasteiger partial charge in [0.2, 0.25) is 0 Å². The molecule has 2 rings (SSSR count).